The number of ketones is 3. The predicted molar refractivity (Wildman–Crippen MR) is 74.5 cm³/mol. The van der Waals surface area contributed by atoms with Gasteiger partial charge in [-0.1, -0.05) is 0 Å². The molecule has 0 bridgehead atoms. The number of carbonyl (C=O) groups excluding carboxylic acids is 3. The Hall–Kier alpha value is -2.47. The minimum absolute atomic E-state index is 0. The van der Waals surface area contributed by atoms with Gasteiger partial charge in [0.1, 0.15) is 0 Å². The molecule has 0 spiro atoms. The van der Waals surface area contributed by atoms with Gasteiger partial charge < -0.3 is 15.3 Å². The van der Waals surface area contributed by atoms with Crippen LogP contribution in [0.4, 0.5) is 39.5 Å². The molecule has 0 rings (SSSR count). The van der Waals surface area contributed by atoms with Crippen LogP contribution < -0.4 is 15.3 Å². The largest absolute Gasteiger partial charge is 0.869 e. The summed E-state index contributed by atoms with van der Waals surface area (Å²) in [6, 6.07) is 0. The molecule has 0 heterocycles. The quantitative estimate of drug-likeness (QED) is 0.319. The van der Waals surface area contributed by atoms with E-state index in [-0.39, 0.29) is 35.6 Å². The molecule has 0 unspecified atom stereocenters. The third kappa shape index (κ3) is 23.7. The first-order valence-electron chi connectivity index (χ1n) is 6.91. The van der Waals surface area contributed by atoms with Crippen molar-refractivity contribution in [2.45, 2.75) is 39.3 Å². The molecule has 16 heteroatoms. The normalized spacial score (nSPS) is 13.0. The minimum atomic E-state index is -4.92. The van der Waals surface area contributed by atoms with Crippen LogP contribution in [0, 0.1) is 0 Å². The Morgan fingerprint density at radius 3 is 0.677 bits per heavy atom. The van der Waals surface area contributed by atoms with Crippen LogP contribution in [-0.2, 0) is 31.7 Å². The molecule has 0 aliphatic carbocycles. The zero-order chi connectivity index (χ0) is 25.1. The molecule has 0 saturated carbocycles. The molecule has 0 radical (unpaired) electrons. The molecule has 0 aromatic heterocycles. The average Bonchev–Trinajstić information content (AvgIpc) is 2.43. The van der Waals surface area contributed by atoms with Gasteiger partial charge in [0.15, 0.2) is 17.3 Å². The van der Waals surface area contributed by atoms with Crippen molar-refractivity contribution in [3.63, 3.8) is 0 Å². The molecule has 6 nitrogen and oxygen atoms in total. The summed E-state index contributed by atoms with van der Waals surface area (Å²) in [6.07, 6.45) is -14.7. The number of rotatable bonds is 3. The Morgan fingerprint density at radius 2 is 0.645 bits per heavy atom. The molecule has 0 aliphatic rings. The molecule has 0 fully saturated rings. The maximum absolute atomic E-state index is 11.3. The van der Waals surface area contributed by atoms with Gasteiger partial charge >= 0.3 is 18.5 Å². The van der Waals surface area contributed by atoms with Crippen molar-refractivity contribution in [1.82, 2.24) is 0 Å². The van der Waals surface area contributed by atoms with Gasteiger partial charge in [-0.15, -0.1) is 0 Å². The van der Waals surface area contributed by atoms with Crippen molar-refractivity contribution < 1.29 is 86.6 Å². The molecule has 0 aromatic rings. The zero-order valence-electron chi connectivity index (χ0n) is 15.5. The number of hydrogen-bond donors (Lipinski definition) is 0. The summed E-state index contributed by atoms with van der Waals surface area (Å²) in [5.74, 6) is -9.04. The Labute approximate surface area is 179 Å². The fraction of sp³-hybridized carbons (Fsp3) is 0.400. The van der Waals surface area contributed by atoms with Gasteiger partial charge in [0.25, 0.3) is 0 Å². The Morgan fingerprint density at radius 1 is 0.516 bits per heavy atom. The standard InChI is InChI=1S/3C5H5F3O2.Cr/c3*1-3(9)2-4(10)5(6,7)8;/h3*2,10H,1H3;/p-3/b3*4-2-;. The van der Waals surface area contributed by atoms with Crippen LogP contribution in [0.1, 0.15) is 20.8 Å². The van der Waals surface area contributed by atoms with Crippen LogP contribution in [0.25, 0.3) is 0 Å². The average molecular weight is 511 g/mol. The van der Waals surface area contributed by atoms with Crippen LogP contribution in [0.3, 0.4) is 0 Å². The van der Waals surface area contributed by atoms with Crippen molar-refractivity contribution in [1.29, 1.82) is 0 Å². The second-order valence-corrected chi connectivity index (χ2v) is 4.85. The number of halogens is 9. The van der Waals surface area contributed by atoms with Gasteiger partial charge in [-0.2, -0.15) is 39.5 Å². The summed E-state index contributed by atoms with van der Waals surface area (Å²) in [5, 5.41) is 29.6. The fourth-order valence-corrected chi connectivity index (χ4v) is 0.799. The number of allylic oxidation sites excluding steroid dienone is 6. The molecular weight excluding hydrogens is 499 g/mol. The second kappa shape index (κ2) is 14.5. The van der Waals surface area contributed by atoms with Gasteiger partial charge in [-0.25, -0.2) is 0 Å². The SMILES string of the molecule is CC(=O)/C=C(\[O-])C(F)(F)F.CC(=O)/C=C(\[O-])C(F)(F)F.CC(=O)/C=C(\[O-])C(F)(F)F.[Cr]. The monoisotopic (exact) mass is 511 g/mol. The van der Waals surface area contributed by atoms with Gasteiger partial charge in [-0.05, 0) is 56.3 Å². The topological polar surface area (TPSA) is 120 Å². The van der Waals surface area contributed by atoms with E-state index < -0.39 is 53.2 Å². The smallest absolute Gasteiger partial charge is 0.402 e. The predicted octanol–water partition coefficient (Wildman–Crippen LogP) is 1.14. The molecule has 0 aliphatic heterocycles. The van der Waals surface area contributed by atoms with Crippen LogP contribution in [0.5, 0.6) is 0 Å². The Bertz CT molecular complexity index is 606. The summed E-state index contributed by atoms with van der Waals surface area (Å²) < 4.78 is 101. The van der Waals surface area contributed by atoms with Crippen molar-refractivity contribution in [3.8, 4) is 0 Å². The van der Waals surface area contributed by atoms with Gasteiger partial charge in [0.05, 0.1) is 0 Å². The van der Waals surface area contributed by atoms with Gasteiger partial charge in [-0.3, -0.25) is 14.4 Å². The molecule has 0 aromatic carbocycles. The molecular formula is C15H12CrF9O6-3. The zero-order valence-corrected chi connectivity index (χ0v) is 16.8. The van der Waals surface area contributed by atoms with Crippen molar-refractivity contribution in [3.05, 3.63) is 35.5 Å². The molecule has 180 valence electrons. The van der Waals surface area contributed by atoms with Crippen LogP contribution in [-0.4, -0.2) is 35.9 Å². The molecule has 0 saturated heterocycles. The molecule has 31 heavy (non-hydrogen) atoms. The van der Waals surface area contributed by atoms with E-state index in [9.17, 15) is 69.2 Å². The minimum Gasteiger partial charge on any atom is -0.869 e. The Kier molecular flexibility index (Phi) is 16.8. The number of hydrogen-bond acceptors (Lipinski definition) is 6. The summed E-state index contributed by atoms with van der Waals surface area (Å²) in [7, 11) is 0. The van der Waals surface area contributed by atoms with Gasteiger partial charge in [0.2, 0.25) is 0 Å². The number of carbonyl (C=O) groups is 3. The molecule has 0 atom stereocenters. The van der Waals surface area contributed by atoms with E-state index in [0.29, 0.717) is 0 Å². The first-order chi connectivity index (χ1) is 13.0. The maximum atomic E-state index is 11.3. The van der Waals surface area contributed by atoms with Gasteiger partial charge in [0, 0.05) is 17.4 Å². The summed E-state index contributed by atoms with van der Waals surface area (Å²) >= 11 is 0. The summed E-state index contributed by atoms with van der Waals surface area (Å²) in [5.41, 5.74) is 0. The van der Waals surface area contributed by atoms with Crippen molar-refractivity contribution >= 4 is 17.3 Å². The first-order valence-corrected chi connectivity index (χ1v) is 6.91. The van der Waals surface area contributed by atoms with E-state index in [1.165, 1.54) is 0 Å². The second-order valence-electron chi connectivity index (χ2n) is 4.85. The van der Waals surface area contributed by atoms with Crippen molar-refractivity contribution in [2.24, 2.45) is 0 Å². The van der Waals surface area contributed by atoms with Crippen LogP contribution in [0.2, 0.25) is 0 Å². The van der Waals surface area contributed by atoms with E-state index in [0.717, 1.165) is 20.8 Å². The number of alkyl halides is 9. The third-order valence-electron chi connectivity index (χ3n) is 1.84. The molecule has 0 amide bonds. The first kappa shape index (κ1) is 35.9. The van der Waals surface area contributed by atoms with E-state index in [1.807, 2.05) is 0 Å². The van der Waals surface area contributed by atoms with E-state index >= 15 is 0 Å². The fourth-order valence-electron chi connectivity index (χ4n) is 0.799. The summed E-state index contributed by atoms with van der Waals surface area (Å²) in [6.45, 7) is 2.64. The van der Waals surface area contributed by atoms with Crippen LogP contribution >= 0.6 is 0 Å². The van der Waals surface area contributed by atoms with E-state index in [4.69, 9.17) is 0 Å². The molecule has 0 N–H and O–H groups in total. The van der Waals surface area contributed by atoms with E-state index in [2.05, 4.69) is 0 Å². The van der Waals surface area contributed by atoms with Crippen LogP contribution in [0.15, 0.2) is 35.5 Å². The van der Waals surface area contributed by atoms with Crippen molar-refractivity contribution in [2.75, 3.05) is 0 Å². The maximum Gasteiger partial charge on any atom is 0.402 e. The Balaban J connectivity index is -0.000000174. The third-order valence-corrected chi connectivity index (χ3v) is 1.84. The van der Waals surface area contributed by atoms with E-state index in [1.54, 1.807) is 0 Å². The summed E-state index contributed by atoms with van der Waals surface area (Å²) in [4.78, 5) is 29.8.